The number of alkyl halides is 3. The lowest BCUT2D eigenvalue weighted by Crippen LogP contribution is -2.27. The normalized spacial score (nSPS) is 22.0. The molecule has 1 aliphatic heterocycles. The first-order valence-electron chi connectivity index (χ1n) is 5.87. The second-order valence-electron chi connectivity index (χ2n) is 4.62. The molecule has 1 heterocycles. The molecule has 0 amide bonds. The Morgan fingerprint density at radius 3 is 2.59 bits per heavy atom. The molecule has 0 aromatic heterocycles. The van der Waals surface area contributed by atoms with Crippen LogP contribution in [0.2, 0.25) is 0 Å². The van der Waals surface area contributed by atoms with Crippen LogP contribution in [0.15, 0.2) is 24.3 Å². The minimum Gasteiger partial charge on any atom is -0.296 e. The lowest BCUT2D eigenvalue weighted by atomic mass is 10.1. The second kappa shape index (κ2) is 4.69. The highest BCUT2D eigenvalue weighted by molar-refractivity contribution is 5.29. The Balaban J connectivity index is 2.21. The van der Waals surface area contributed by atoms with Gasteiger partial charge in [-0.15, -0.1) is 0 Å². The average molecular weight is 243 g/mol. The van der Waals surface area contributed by atoms with E-state index in [9.17, 15) is 13.2 Å². The maximum Gasteiger partial charge on any atom is 0.416 e. The highest BCUT2D eigenvalue weighted by atomic mass is 19.4. The summed E-state index contributed by atoms with van der Waals surface area (Å²) in [6.07, 6.45) is -2.09. The van der Waals surface area contributed by atoms with Gasteiger partial charge >= 0.3 is 6.18 Å². The Hall–Kier alpha value is -1.03. The highest BCUT2D eigenvalue weighted by Crippen LogP contribution is 2.33. The maximum atomic E-state index is 12.8. The van der Waals surface area contributed by atoms with E-state index < -0.39 is 11.7 Å². The fourth-order valence-corrected chi connectivity index (χ4v) is 2.38. The van der Waals surface area contributed by atoms with Gasteiger partial charge in [0.15, 0.2) is 0 Å². The van der Waals surface area contributed by atoms with E-state index in [1.165, 1.54) is 6.07 Å². The predicted molar refractivity (Wildman–Crippen MR) is 60.6 cm³/mol. The average Bonchev–Trinajstić information content (AvgIpc) is 2.64. The summed E-state index contributed by atoms with van der Waals surface area (Å²) in [5.74, 6) is 0. The summed E-state index contributed by atoms with van der Waals surface area (Å²) in [5.41, 5.74) is -0.118. The summed E-state index contributed by atoms with van der Waals surface area (Å²) in [5, 5.41) is 0. The minimum absolute atomic E-state index is 0.383. The summed E-state index contributed by atoms with van der Waals surface area (Å²) in [4.78, 5) is 2.12. The van der Waals surface area contributed by atoms with Crippen LogP contribution in [-0.4, -0.2) is 17.5 Å². The van der Waals surface area contributed by atoms with E-state index in [0.29, 0.717) is 18.2 Å². The molecule has 94 valence electrons. The molecule has 0 spiro atoms. The monoisotopic (exact) mass is 243 g/mol. The number of likely N-dealkylation sites (tertiary alicyclic amines) is 1. The van der Waals surface area contributed by atoms with Crippen molar-refractivity contribution in [3.05, 3.63) is 35.4 Å². The van der Waals surface area contributed by atoms with Gasteiger partial charge < -0.3 is 0 Å². The zero-order valence-electron chi connectivity index (χ0n) is 9.80. The highest BCUT2D eigenvalue weighted by Gasteiger charge is 2.33. The molecule has 4 heteroatoms. The Labute approximate surface area is 99.2 Å². The van der Waals surface area contributed by atoms with Crippen molar-refractivity contribution >= 4 is 0 Å². The van der Waals surface area contributed by atoms with Gasteiger partial charge in [0.25, 0.3) is 0 Å². The number of halogens is 3. The zero-order chi connectivity index (χ0) is 12.5. The van der Waals surface area contributed by atoms with Gasteiger partial charge in [-0.2, -0.15) is 13.2 Å². The first kappa shape index (κ1) is 12.4. The van der Waals surface area contributed by atoms with E-state index >= 15 is 0 Å². The molecule has 0 aliphatic carbocycles. The van der Waals surface area contributed by atoms with Gasteiger partial charge in [0.2, 0.25) is 0 Å². The van der Waals surface area contributed by atoms with Gasteiger partial charge in [-0.05, 0) is 37.9 Å². The fourth-order valence-electron chi connectivity index (χ4n) is 2.38. The summed E-state index contributed by atoms with van der Waals surface area (Å²) in [6.45, 7) is 3.37. The van der Waals surface area contributed by atoms with Crippen LogP contribution in [0.4, 0.5) is 13.2 Å². The van der Waals surface area contributed by atoms with Crippen molar-refractivity contribution in [3.63, 3.8) is 0 Å². The van der Waals surface area contributed by atoms with E-state index in [2.05, 4.69) is 11.8 Å². The molecule has 1 aliphatic rings. The van der Waals surface area contributed by atoms with Gasteiger partial charge in [0.1, 0.15) is 0 Å². The molecule has 17 heavy (non-hydrogen) atoms. The fraction of sp³-hybridized carbons (Fsp3) is 0.538. The van der Waals surface area contributed by atoms with Crippen LogP contribution in [0.5, 0.6) is 0 Å². The largest absolute Gasteiger partial charge is 0.416 e. The molecular weight excluding hydrogens is 227 g/mol. The van der Waals surface area contributed by atoms with Crippen molar-refractivity contribution in [2.24, 2.45) is 0 Å². The third-order valence-electron chi connectivity index (χ3n) is 3.39. The van der Waals surface area contributed by atoms with Crippen molar-refractivity contribution in [3.8, 4) is 0 Å². The van der Waals surface area contributed by atoms with E-state index in [-0.39, 0.29) is 0 Å². The molecule has 1 nitrogen and oxygen atoms in total. The second-order valence-corrected chi connectivity index (χ2v) is 4.62. The molecule has 1 atom stereocenters. The molecule has 0 N–H and O–H groups in total. The number of nitrogens with zero attached hydrogens (tertiary/aromatic N) is 1. The molecule has 1 fully saturated rings. The molecule has 2 rings (SSSR count). The standard InChI is InChI=1S/C13H16F3N/c1-10-5-4-8-17(10)9-11-6-2-3-7-12(11)13(14,15)16/h2-3,6-7,10H,4-5,8-9H2,1H3/t10-/m1/s1. The van der Waals surface area contributed by atoms with Gasteiger partial charge in [-0.3, -0.25) is 4.90 Å². The number of hydrogen-bond donors (Lipinski definition) is 0. The molecule has 1 aromatic carbocycles. The Bertz CT molecular complexity index is 386. The van der Waals surface area contributed by atoms with E-state index in [1.54, 1.807) is 12.1 Å². The van der Waals surface area contributed by atoms with Crippen molar-refractivity contribution in [2.75, 3.05) is 6.54 Å². The summed E-state index contributed by atoms with van der Waals surface area (Å²) in [7, 11) is 0. The van der Waals surface area contributed by atoms with Crippen molar-refractivity contribution in [2.45, 2.75) is 38.5 Å². The molecule has 0 saturated carbocycles. The van der Waals surface area contributed by atoms with E-state index in [1.807, 2.05) is 0 Å². The molecular formula is C13H16F3N. The van der Waals surface area contributed by atoms with Crippen LogP contribution >= 0.6 is 0 Å². The molecule has 1 aromatic rings. The third kappa shape index (κ3) is 2.80. The summed E-state index contributed by atoms with van der Waals surface area (Å²) < 4.78 is 38.4. The van der Waals surface area contributed by atoms with Crippen LogP contribution in [0.25, 0.3) is 0 Å². The summed E-state index contributed by atoms with van der Waals surface area (Å²) >= 11 is 0. The third-order valence-corrected chi connectivity index (χ3v) is 3.39. The number of benzene rings is 1. The van der Waals surface area contributed by atoms with Crippen LogP contribution < -0.4 is 0 Å². The van der Waals surface area contributed by atoms with Crippen molar-refractivity contribution in [1.82, 2.24) is 4.90 Å². The van der Waals surface area contributed by atoms with Crippen molar-refractivity contribution in [1.29, 1.82) is 0 Å². The zero-order valence-corrected chi connectivity index (χ0v) is 9.80. The predicted octanol–water partition coefficient (Wildman–Crippen LogP) is 3.69. The van der Waals surface area contributed by atoms with Gasteiger partial charge in [0, 0.05) is 12.6 Å². The molecule has 1 saturated heterocycles. The topological polar surface area (TPSA) is 3.24 Å². The van der Waals surface area contributed by atoms with Crippen molar-refractivity contribution < 1.29 is 13.2 Å². The first-order valence-corrected chi connectivity index (χ1v) is 5.87. The minimum atomic E-state index is -4.25. The number of hydrogen-bond acceptors (Lipinski definition) is 1. The van der Waals surface area contributed by atoms with Gasteiger partial charge in [-0.25, -0.2) is 0 Å². The number of rotatable bonds is 2. The summed E-state index contributed by atoms with van der Waals surface area (Å²) in [6, 6.07) is 6.24. The smallest absolute Gasteiger partial charge is 0.296 e. The Morgan fingerprint density at radius 1 is 1.29 bits per heavy atom. The molecule has 0 radical (unpaired) electrons. The van der Waals surface area contributed by atoms with Gasteiger partial charge in [0.05, 0.1) is 5.56 Å². The van der Waals surface area contributed by atoms with Crippen LogP contribution in [0, 0.1) is 0 Å². The molecule has 0 bridgehead atoms. The van der Waals surface area contributed by atoms with Crippen LogP contribution in [-0.2, 0) is 12.7 Å². The van der Waals surface area contributed by atoms with E-state index in [4.69, 9.17) is 0 Å². The van der Waals surface area contributed by atoms with Gasteiger partial charge in [-0.1, -0.05) is 18.2 Å². The van der Waals surface area contributed by atoms with Crippen LogP contribution in [0.3, 0.4) is 0 Å². The lowest BCUT2D eigenvalue weighted by Gasteiger charge is -2.23. The Morgan fingerprint density at radius 2 is 2.00 bits per heavy atom. The van der Waals surface area contributed by atoms with E-state index in [0.717, 1.165) is 25.5 Å². The molecule has 0 unspecified atom stereocenters. The van der Waals surface area contributed by atoms with Crippen LogP contribution in [0.1, 0.15) is 30.9 Å². The Kier molecular flexibility index (Phi) is 3.43. The lowest BCUT2D eigenvalue weighted by molar-refractivity contribution is -0.138. The quantitative estimate of drug-likeness (QED) is 0.765. The maximum absolute atomic E-state index is 12.8. The first-order chi connectivity index (χ1) is 7.98. The SMILES string of the molecule is C[C@@H]1CCCN1Cc1ccccc1C(F)(F)F.